The predicted molar refractivity (Wildman–Crippen MR) is 106 cm³/mol. The summed E-state index contributed by atoms with van der Waals surface area (Å²) in [5.41, 5.74) is 0.583. The monoisotopic (exact) mass is 387 g/mol. The van der Waals surface area contributed by atoms with Crippen LogP contribution in [0.25, 0.3) is 0 Å². The maximum atomic E-state index is 13.8. The molecule has 1 aromatic heterocycles. The molecule has 8 heteroatoms. The third-order valence-electron chi connectivity index (χ3n) is 4.63. The first-order valence-electron chi connectivity index (χ1n) is 9.56. The highest BCUT2D eigenvalue weighted by Crippen LogP contribution is 2.19. The average Bonchev–Trinajstić information content (AvgIpc) is 2.68. The molecule has 7 nitrogen and oxygen atoms in total. The van der Waals surface area contributed by atoms with Gasteiger partial charge in [-0.15, -0.1) is 0 Å². The molecule has 0 unspecified atom stereocenters. The highest BCUT2D eigenvalue weighted by Gasteiger charge is 2.23. The van der Waals surface area contributed by atoms with Crippen LogP contribution in [0.5, 0.6) is 0 Å². The van der Waals surface area contributed by atoms with Crippen molar-refractivity contribution in [3.8, 4) is 0 Å². The Balaban J connectivity index is 1.56. The lowest BCUT2D eigenvalue weighted by atomic mass is 10.1. The molecule has 1 aliphatic heterocycles. The molecule has 0 spiro atoms. The number of rotatable bonds is 6. The Bertz CT molecular complexity index is 809. The molecule has 2 heterocycles. The summed E-state index contributed by atoms with van der Waals surface area (Å²) in [4.78, 5) is 22.3. The lowest BCUT2D eigenvalue weighted by Crippen LogP contribution is -2.42. The van der Waals surface area contributed by atoms with Crippen molar-refractivity contribution in [1.29, 1.82) is 0 Å². The van der Waals surface area contributed by atoms with Gasteiger partial charge < -0.3 is 20.3 Å². The number of amides is 1. The minimum atomic E-state index is -0.251. The fourth-order valence-electron chi connectivity index (χ4n) is 3.19. The summed E-state index contributed by atoms with van der Waals surface area (Å²) in [7, 11) is 0. The number of piperidine rings is 1. The second kappa shape index (κ2) is 9.34. The molecule has 0 atom stereocenters. The number of carbonyl (C=O) groups excluding carboxylic acids is 1. The number of ether oxygens (including phenoxy) is 1. The normalized spacial score (nSPS) is 14.6. The number of nitrogens with one attached hydrogen (secondary N) is 2. The molecular weight excluding hydrogens is 361 g/mol. The number of aromatic nitrogens is 2. The third-order valence-corrected chi connectivity index (χ3v) is 4.63. The van der Waals surface area contributed by atoms with Crippen molar-refractivity contribution in [2.75, 3.05) is 30.3 Å². The SMILES string of the molecule is CCOC(=O)N1CCC(Nc2cc(NCc3ccccc3F)nc(C)n2)CC1. The van der Waals surface area contributed by atoms with Gasteiger partial charge in [-0.05, 0) is 32.8 Å². The highest BCUT2D eigenvalue weighted by atomic mass is 19.1. The van der Waals surface area contributed by atoms with E-state index in [1.54, 1.807) is 30.0 Å². The molecule has 2 aromatic rings. The Morgan fingerprint density at radius 1 is 1.25 bits per heavy atom. The zero-order valence-corrected chi connectivity index (χ0v) is 16.2. The first-order valence-corrected chi connectivity index (χ1v) is 9.56. The Morgan fingerprint density at radius 3 is 2.68 bits per heavy atom. The van der Waals surface area contributed by atoms with Crippen molar-refractivity contribution in [2.24, 2.45) is 0 Å². The summed E-state index contributed by atoms with van der Waals surface area (Å²) < 4.78 is 18.8. The van der Waals surface area contributed by atoms with E-state index in [0.717, 1.165) is 18.7 Å². The number of benzene rings is 1. The zero-order chi connectivity index (χ0) is 19.9. The minimum Gasteiger partial charge on any atom is -0.450 e. The first-order chi connectivity index (χ1) is 13.5. The van der Waals surface area contributed by atoms with Gasteiger partial charge in [0.1, 0.15) is 23.3 Å². The van der Waals surface area contributed by atoms with Gasteiger partial charge in [0, 0.05) is 37.3 Å². The number of hydrogen-bond acceptors (Lipinski definition) is 6. The second-order valence-electron chi connectivity index (χ2n) is 6.74. The van der Waals surface area contributed by atoms with E-state index in [2.05, 4.69) is 20.6 Å². The average molecular weight is 387 g/mol. The van der Waals surface area contributed by atoms with Gasteiger partial charge in [0.05, 0.1) is 6.61 Å². The zero-order valence-electron chi connectivity index (χ0n) is 16.2. The number of nitrogens with zero attached hydrogens (tertiary/aromatic N) is 3. The quantitative estimate of drug-likeness (QED) is 0.789. The summed E-state index contributed by atoms with van der Waals surface area (Å²) in [6.07, 6.45) is 1.39. The van der Waals surface area contributed by atoms with E-state index in [9.17, 15) is 9.18 Å². The number of anilines is 2. The van der Waals surface area contributed by atoms with Crippen LogP contribution in [-0.4, -0.2) is 46.7 Å². The number of likely N-dealkylation sites (tertiary alicyclic amines) is 1. The second-order valence-corrected chi connectivity index (χ2v) is 6.74. The number of carbonyl (C=O) groups is 1. The van der Waals surface area contributed by atoms with Gasteiger partial charge in [-0.25, -0.2) is 19.2 Å². The van der Waals surface area contributed by atoms with Crippen LogP contribution in [0, 0.1) is 12.7 Å². The van der Waals surface area contributed by atoms with E-state index in [1.807, 2.05) is 13.0 Å². The lowest BCUT2D eigenvalue weighted by Gasteiger charge is -2.31. The van der Waals surface area contributed by atoms with Gasteiger partial charge in [-0.3, -0.25) is 0 Å². The molecule has 0 saturated carbocycles. The van der Waals surface area contributed by atoms with Gasteiger partial charge >= 0.3 is 6.09 Å². The summed E-state index contributed by atoms with van der Waals surface area (Å²) in [6.45, 7) is 5.67. The Hall–Kier alpha value is -2.90. The minimum absolute atomic E-state index is 0.222. The maximum Gasteiger partial charge on any atom is 0.409 e. The van der Waals surface area contributed by atoms with Crippen LogP contribution in [0.15, 0.2) is 30.3 Å². The van der Waals surface area contributed by atoms with Gasteiger partial charge in [0.25, 0.3) is 0 Å². The molecule has 1 amide bonds. The van der Waals surface area contributed by atoms with Crippen molar-refractivity contribution >= 4 is 17.7 Å². The lowest BCUT2D eigenvalue weighted by molar-refractivity contribution is 0.0983. The van der Waals surface area contributed by atoms with Crippen LogP contribution < -0.4 is 10.6 Å². The molecule has 150 valence electrons. The topological polar surface area (TPSA) is 79.4 Å². The van der Waals surface area contributed by atoms with Crippen molar-refractivity contribution in [3.05, 3.63) is 47.5 Å². The molecule has 1 aliphatic rings. The van der Waals surface area contributed by atoms with Gasteiger partial charge in [-0.1, -0.05) is 18.2 Å². The number of aryl methyl sites for hydroxylation is 1. The third kappa shape index (κ3) is 5.31. The molecule has 1 fully saturated rings. The first kappa shape index (κ1) is 19.9. The van der Waals surface area contributed by atoms with E-state index in [1.165, 1.54) is 6.07 Å². The van der Waals surface area contributed by atoms with Crippen LogP contribution in [0.1, 0.15) is 31.2 Å². The Kier molecular flexibility index (Phi) is 6.62. The summed E-state index contributed by atoms with van der Waals surface area (Å²) in [6, 6.07) is 8.71. The van der Waals surface area contributed by atoms with Crippen molar-refractivity contribution in [2.45, 2.75) is 39.3 Å². The van der Waals surface area contributed by atoms with Crippen LogP contribution >= 0.6 is 0 Å². The standard InChI is InChI=1S/C20H26FN5O2/c1-3-28-20(27)26-10-8-16(9-11-26)25-19-12-18(23-14(2)24-19)22-13-15-6-4-5-7-17(15)21/h4-7,12,16H,3,8-11,13H2,1-2H3,(H2,22,23,24,25). The summed E-state index contributed by atoms with van der Waals surface area (Å²) >= 11 is 0. The Labute approximate surface area is 164 Å². The number of hydrogen-bond donors (Lipinski definition) is 2. The van der Waals surface area contributed by atoms with Crippen LogP contribution in [0.3, 0.4) is 0 Å². The van der Waals surface area contributed by atoms with Crippen LogP contribution in [0.2, 0.25) is 0 Å². The van der Waals surface area contributed by atoms with E-state index in [-0.39, 0.29) is 18.0 Å². The fraction of sp³-hybridized carbons (Fsp3) is 0.450. The molecular formula is C20H26FN5O2. The van der Waals surface area contributed by atoms with Crippen molar-refractivity contribution < 1.29 is 13.9 Å². The Morgan fingerprint density at radius 2 is 1.96 bits per heavy atom. The number of halogens is 1. The largest absolute Gasteiger partial charge is 0.450 e. The van der Waals surface area contributed by atoms with Crippen LogP contribution in [-0.2, 0) is 11.3 Å². The van der Waals surface area contributed by atoms with Crippen molar-refractivity contribution in [1.82, 2.24) is 14.9 Å². The van der Waals surface area contributed by atoms with Crippen molar-refractivity contribution in [3.63, 3.8) is 0 Å². The molecule has 2 N–H and O–H groups in total. The van der Waals surface area contributed by atoms with Crippen LogP contribution in [0.4, 0.5) is 20.8 Å². The fourth-order valence-corrected chi connectivity index (χ4v) is 3.19. The van der Waals surface area contributed by atoms with E-state index in [4.69, 9.17) is 4.74 Å². The molecule has 0 bridgehead atoms. The highest BCUT2D eigenvalue weighted by molar-refractivity contribution is 5.67. The maximum absolute atomic E-state index is 13.8. The molecule has 1 saturated heterocycles. The predicted octanol–water partition coefficient (Wildman–Crippen LogP) is 3.57. The molecule has 0 radical (unpaired) electrons. The molecule has 3 rings (SSSR count). The van der Waals surface area contributed by atoms with E-state index >= 15 is 0 Å². The van der Waals surface area contributed by atoms with Gasteiger partial charge in [0.15, 0.2) is 0 Å². The molecule has 1 aromatic carbocycles. The van der Waals surface area contributed by atoms with Gasteiger partial charge in [-0.2, -0.15) is 0 Å². The molecule has 0 aliphatic carbocycles. The van der Waals surface area contributed by atoms with E-state index < -0.39 is 0 Å². The van der Waals surface area contributed by atoms with E-state index in [0.29, 0.717) is 43.4 Å². The molecule has 28 heavy (non-hydrogen) atoms. The smallest absolute Gasteiger partial charge is 0.409 e. The summed E-state index contributed by atoms with van der Waals surface area (Å²) in [5.74, 6) is 1.75. The summed E-state index contributed by atoms with van der Waals surface area (Å²) in [5, 5.41) is 6.57. The van der Waals surface area contributed by atoms with Gasteiger partial charge in [0.2, 0.25) is 0 Å².